The molecule has 1 saturated heterocycles. The predicted molar refractivity (Wildman–Crippen MR) is 84.8 cm³/mol. The van der Waals surface area contributed by atoms with Crippen LogP contribution in [0.4, 0.5) is 4.79 Å². The van der Waals surface area contributed by atoms with Gasteiger partial charge in [-0.25, -0.2) is 9.59 Å². The zero-order valence-corrected chi connectivity index (χ0v) is 14.1. The summed E-state index contributed by atoms with van der Waals surface area (Å²) in [4.78, 5) is 41.8. The van der Waals surface area contributed by atoms with E-state index in [1.165, 1.54) is 0 Å². The Morgan fingerprint density at radius 3 is 2.39 bits per heavy atom. The summed E-state index contributed by atoms with van der Waals surface area (Å²) < 4.78 is 9.93. The molecule has 0 aliphatic carbocycles. The van der Waals surface area contributed by atoms with Crippen LogP contribution in [0, 0.1) is 0 Å². The maximum Gasteiger partial charge on any atom is 0.409 e. The molecule has 0 unspecified atom stereocenters. The number of hydrogen-bond acceptors (Lipinski definition) is 7. The third-order valence-electron chi connectivity index (χ3n) is 3.47. The molecule has 1 aliphatic heterocycles. The van der Waals surface area contributed by atoms with Crippen LogP contribution in [0.2, 0.25) is 0 Å². The molecule has 128 valence electrons. The summed E-state index contributed by atoms with van der Waals surface area (Å²) in [5.74, 6) is -0.508. The number of nitrogens with zero attached hydrogens (tertiary/aromatic N) is 2. The quantitative estimate of drug-likeness (QED) is 0.798. The minimum Gasteiger partial charge on any atom is -0.461 e. The first kappa shape index (κ1) is 17.5. The van der Waals surface area contributed by atoms with E-state index in [0.717, 1.165) is 11.3 Å². The smallest absolute Gasteiger partial charge is 0.409 e. The minimum absolute atomic E-state index is 0.231. The number of nitrogens with one attached hydrogen (secondary N) is 1. The second-order valence-electron chi connectivity index (χ2n) is 5.00. The Morgan fingerprint density at radius 2 is 1.78 bits per heavy atom. The fourth-order valence-electron chi connectivity index (χ4n) is 2.35. The second-order valence-corrected chi connectivity index (χ2v) is 6.06. The highest BCUT2D eigenvalue weighted by Gasteiger charge is 2.24. The van der Waals surface area contributed by atoms with Crippen molar-refractivity contribution in [1.29, 1.82) is 0 Å². The molecule has 23 heavy (non-hydrogen) atoms. The van der Waals surface area contributed by atoms with E-state index in [1.807, 2.05) is 0 Å². The van der Waals surface area contributed by atoms with Crippen LogP contribution in [-0.2, 0) is 16.0 Å². The monoisotopic (exact) mass is 343 g/mol. The standard InChI is InChI=1S/C14H21N3O5S/c1-3-21-12(18)11-10(23-13(19)15-11)9-16-5-7-17(8-6-16)14(20)22-4-2/h3-9H2,1-2H3,(H,15,19). The summed E-state index contributed by atoms with van der Waals surface area (Å²) in [6.45, 7) is 7.04. The molecule has 0 radical (unpaired) electrons. The molecule has 0 spiro atoms. The highest BCUT2D eigenvalue weighted by molar-refractivity contribution is 7.09. The van der Waals surface area contributed by atoms with Crippen molar-refractivity contribution in [3.8, 4) is 0 Å². The molecule has 2 rings (SSSR count). The largest absolute Gasteiger partial charge is 0.461 e. The number of thiazole rings is 1. The fourth-order valence-corrected chi connectivity index (χ4v) is 3.21. The van der Waals surface area contributed by atoms with Crippen LogP contribution < -0.4 is 4.87 Å². The van der Waals surface area contributed by atoms with Gasteiger partial charge < -0.3 is 19.4 Å². The molecule has 1 N–H and O–H groups in total. The fraction of sp³-hybridized carbons (Fsp3) is 0.643. The Balaban J connectivity index is 1.95. The van der Waals surface area contributed by atoms with E-state index in [1.54, 1.807) is 18.7 Å². The van der Waals surface area contributed by atoms with Crippen LogP contribution in [0.3, 0.4) is 0 Å². The van der Waals surface area contributed by atoms with Gasteiger partial charge in [0, 0.05) is 32.7 Å². The Hall–Kier alpha value is -1.87. The molecule has 2 heterocycles. The number of piperazine rings is 1. The summed E-state index contributed by atoms with van der Waals surface area (Å²) in [6.07, 6.45) is -0.300. The summed E-state index contributed by atoms with van der Waals surface area (Å²) in [6, 6.07) is 0. The lowest BCUT2D eigenvalue weighted by atomic mass is 10.3. The van der Waals surface area contributed by atoms with Gasteiger partial charge in [0.25, 0.3) is 0 Å². The lowest BCUT2D eigenvalue weighted by Crippen LogP contribution is -2.48. The average molecular weight is 343 g/mol. The molecule has 1 aromatic heterocycles. The molecule has 0 aromatic carbocycles. The number of ether oxygens (including phenoxy) is 2. The van der Waals surface area contributed by atoms with Gasteiger partial charge in [-0.15, -0.1) is 0 Å². The highest BCUT2D eigenvalue weighted by Crippen LogP contribution is 2.15. The van der Waals surface area contributed by atoms with Crippen molar-refractivity contribution in [3.05, 3.63) is 20.2 Å². The maximum atomic E-state index is 11.9. The minimum atomic E-state index is -0.508. The zero-order chi connectivity index (χ0) is 16.8. The Morgan fingerprint density at radius 1 is 1.13 bits per heavy atom. The number of aromatic nitrogens is 1. The van der Waals surface area contributed by atoms with Crippen LogP contribution in [-0.4, -0.2) is 66.2 Å². The van der Waals surface area contributed by atoms with E-state index >= 15 is 0 Å². The first-order chi connectivity index (χ1) is 11.0. The topological polar surface area (TPSA) is 91.9 Å². The van der Waals surface area contributed by atoms with Gasteiger partial charge in [0.2, 0.25) is 0 Å². The molecule has 1 fully saturated rings. The summed E-state index contributed by atoms with van der Waals surface area (Å²) >= 11 is 1.02. The molecule has 1 amide bonds. The molecule has 9 heteroatoms. The highest BCUT2D eigenvalue weighted by atomic mass is 32.1. The zero-order valence-electron chi connectivity index (χ0n) is 13.3. The van der Waals surface area contributed by atoms with E-state index in [-0.39, 0.29) is 23.3 Å². The molecule has 8 nitrogen and oxygen atoms in total. The van der Waals surface area contributed by atoms with Crippen molar-refractivity contribution in [2.45, 2.75) is 20.4 Å². The van der Waals surface area contributed by atoms with Gasteiger partial charge in [0.05, 0.1) is 18.1 Å². The summed E-state index contributed by atoms with van der Waals surface area (Å²) in [5.41, 5.74) is 0.231. The molecule has 0 atom stereocenters. The number of hydrogen-bond donors (Lipinski definition) is 1. The first-order valence-corrected chi connectivity index (χ1v) is 8.40. The third-order valence-corrected chi connectivity index (χ3v) is 4.33. The van der Waals surface area contributed by atoms with Crippen molar-refractivity contribution in [2.75, 3.05) is 39.4 Å². The Bertz CT molecular complexity index is 604. The summed E-state index contributed by atoms with van der Waals surface area (Å²) in [5, 5.41) is 0. The van der Waals surface area contributed by atoms with Crippen molar-refractivity contribution in [3.63, 3.8) is 0 Å². The molecule has 0 bridgehead atoms. The van der Waals surface area contributed by atoms with Crippen LogP contribution >= 0.6 is 11.3 Å². The van der Waals surface area contributed by atoms with E-state index in [2.05, 4.69) is 9.88 Å². The van der Waals surface area contributed by atoms with Crippen LogP contribution in [0.15, 0.2) is 4.79 Å². The molecular formula is C14H21N3O5S. The van der Waals surface area contributed by atoms with Gasteiger partial charge in [-0.3, -0.25) is 9.69 Å². The van der Waals surface area contributed by atoms with Crippen molar-refractivity contribution in [1.82, 2.24) is 14.8 Å². The van der Waals surface area contributed by atoms with Gasteiger partial charge in [0.15, 0.2) is 0 Å². The lowest BCUT2D eigenvalue weighted by Gasteiger charge is -2.33. The second kappa shape index (κ2) is 8.11. The van der Waals surface area contributed by atoms with E-state index in [9.17, 15) is 14.4 Å². The van der Waals surface area contributed by atoms with Gasteiger partial charge >= 0.3 is 16.9 Å². The van der Waals surface area contributed by atoms with Gasteiger partial charge in [-0.1, -0.05) is 11.3 Å². The molecule has 1 aromatic rings. The normalized spacial score (nSPS) is 15.5. The van der Waals surface area contributed by atoms with Crippen LogP contribution in [0.25, 0.3) is 0 Å². The average Bonchev–Trinajstić information content (AvgIpc) is 2.89. The molecule has 0 saturated carbocycles. The SMILES string of the molecule is CCOC(=O)c1[nH]c(=O)sc1CN1CCN(C(=O)OCC)CC1. The number of aromatic amines is 1. The van der Waals surface area contributed by atoms with Gasteiger partial charge in [-0.05, 0) is 13.8 Å². The predicted octanol–water partition coefficient (Wildman–Crippen LogP) is 0.887. The number of esters is 1. The summed E-state index contributed by atoms with van der Waals surface area (Å²) in [7, 11) is 0. The van der Waals surface area contributed by atoms with E-state index in [4.69, 9.17) is 9.47 Å². The van der Waals surface area contributed by atoms with Crippen molar-refractivity contribution >= 4 is 23.4 Å². The number of carbonyl (C=O) groups excluding carboxylic acids is 2. The van der Waals surface area contributed by atoms with E-state index in [0.29, 0.717) is 44.2 Å². The van der Waals surface area contributed by atoms with Crippen molar-refractivity contribution < 1.29 is 19.1 Å². The third kappa shape index (κ3) is 4.55. The Labute approximate surface area is 138 Å². The van der Waals surface area contributed by atoms with Crippen molar-refractivity contribution in [2.24, 2.45) is 0 Å². The van der Waals surface area contributed by atoms with Crippen LogP contribution in [0.1, 0.15) is 29.2 Å². The lowest BCUT2D eigenvalue weighted by molar-refractivity contribution is 0.0517. The van der Waals surface area contributed by atoms with Gasteiger partial charge in [-0.2, -0.15) is 0 Å². The number of rotatable bonds is 5. The number of carbonyl (C=O) groups is 2. The van der Waals surface area contributed by atoms with E-state index < -0.39 is 5.97 Å². The number of amides is 1. The van der Waals surface area contributed by atoms with Crippen LogP contribution in [0.5, 0.6) is 0 Å². The maximum absolute atomic E-state index is 11.9. The number of H-pyrrole nitrogens is 1. The first-order valence-electron chi connectivity index (χ1n) is 7.58. The van der Waals surface area contributed by atoms with Gasteiger partial charge in [0.1, 0.15) is 5.69 Å². The molecule has 1 aliphatic rings. The molecular weight excluding hydrogens is 322 g/mol. The Kier molecular flexibility index (Phi) is 6.17.